The summed E-state index contributed by atoms with van der Waals surface area (Å²) >= 11 is 1.57. The Bertz CT molecular complexity index is 599. The second-order valence-corrected chi connectivity index (χ2v) is 5.51. The van der Waals surface area contributed by atoms with Gasteiger partial charge in [0.25, 0.3) is 0 Å². The highest BCUT2D eigenvalue weighted by Gasteiger charge is 2.06. The van der Waals surface area contributed by atoms with Crippen molar-refractivity contribution in [3.63, 3.8) is 0 Å². The molecule has 0 spiro atoms. The van der Waals surface area contributed by atoms with Crippen LogP contribution < -0.4 is 10.1 Å². The predicted molar refractivity (Wildman–Crippen MR) is 85.1 cm³/mol. The molecule has 110 valence electrons. The van der Waals surface area contributed by atoms with E-state index in [1.54, 1.807) is 37.1 Å². The van der Waals surface area contributed by atoms with E-state index in [1.807, 2.05) is 30.3 Å². The number of para-hydroxylation sites is 2. The van der Waals surface area contributed by atoms with Crippen LogP contribution in [0.15, 0.2) is 53.4 Å². The van der Waals surface area contributed by atoms with Gasteiger partial charge in [-0.2, -0.15) is 0 Å². The van der Waals surface area contributed by atoms with Gasteiger partial charge in [-0.05, 0) is 36.4 Å². The van der Waals surface area contributed by atoms with Crippen LogP contribution in [0.5, 0.6) is 11.5 Å². The number of benzene rings is 2. The van der Waals surface area contributed by atoms with Crippen LogP contribution in [-0.4, -0.2) is 23.9 Å². The van der Waals surface area contributed by atoms with Gasteiger partial charge < -0.3 is 15.2 Å². The lowest BCUT2D eigenvalue weighted by atomic mass is 10.3. The smallest absolute Gasteiger partial charge is 0.225 e. The van der Waals surface area contributed by atoms with Crippen LogP contribution >= 0.6 is 11.8 Å². The molecule has 0 aromatic heterocycles. The quantitative estimate of drug-likeness (QED) is 0.802. The maximum absolute atomic E-state index is 11.9. The molecule has 2 rings (SSSR count). The van der Waals surface area contributed by atoms with Crippen molar-refractivity contribution < 1.29 is 14.6 Å². The van der Waals surface area contributed by atoms with Crippen LogP contribution in [0.2, 0.25) is 0 Å². The molecule has 0 bridgehead atoms. The van der Waals surface area contributed by atoms with Crippen molar-refractivity contribution in [1.29, 1.82) is 0 Å². The molecule has 21 heavy (non-hydrogen) atoms. The van der Waals surface area contributed by atoms with Gasteiger partial charge >= 0.3 is 0 Å². The van der Waals surface area contributed by atoms with E-state index in [0.717, 1.165) is 4.90 Å². The fourth-order valence-electron chi connectivity index (χ4n) is 1.76. The van der Waals surface area contributed by atoms with Crippen molar-refractivity contribution in [3.05, 3.63) is 48.5 Å². The van der Waals surface area contributed by atoms with E-state index in [-0.39, 0.29) is 11.7 Å². The highest BCUT2D eigenvalue weighted by molar-refractivity contribution is 7.99. The first-order chi connectivity index (χ1) is 10.2. The van der Waals surface area contributed by atoms with E-state index in [4.69, 9.17) is 4.74 Å². The zero-order valence-corrected chi connectivity index (χ0v) is 12.5. The molecule has 0 aliphatic carbocycles. The Kier molecular flexibility index (Phi) is 5.51. The van der Waals surface area contributed by atoms with Gasteiger partial charge in [-0.15, -0.1) is 11.8 Å². The van der Waals surface area contributed by atoms with Crippen molar-refractivity contribution >= 4 is 23.4 Å². The van der Waals surface area contributed by atoms with E-state index in [0.29, 0.717) is 23.6 Å². The summed E-state index contributed by atoms with van der Waals surface area (Å²) in [5, 5.41) is 12.0. The van der Waals surface area contributed by atoms with Crippen molar-refractivity contribution in [2.45, 2.75) is 11.3 Å². The minimum atomic E-state index is -0.0502. The van der Waals surface area contributed by atoms with Gasteiger partial charge in [0.15, 0.2) is 0 Å². The lowest BCUT2D eigenvalue weighted by Gasteiger charge is -2.09. The molecule has 0 radical (unpaired) electrons. The Hall–Kier alpha value is -2.14. The molecule has 2 N–H and O–H groups in total. The summed E-state index contributed by atoms with van der Waals surface area (Å²) in [6.07, 6.45) is 0.406. The number of ether oxygens (including phenoxy) is 1. The Morgan fingerprint density at radius 3 is 2.62 bits per heavy atom. The molecule has 4 nitrogen and oxygen atoms in total. The summed E-state index contributed by atoms with van der Waals surface area (Å²) in [5.41, 5.74) is 0.680. The minimum Gasteiger partial charge on any atom is -0.508 e. The highest BCUT2D eigenvalue weighted by atomic mass is 32.2. The summed E-state index contributed by atoms with van der Waals surface area (Å²) in [4.78, 5) is 12.9. The summed E-state index contributed by atoms with van der Waals surface area (Å²) in [6, 6.07) is 14.3. The van der Waals surface area contributed by atoms with Crippen molar-refractivity contribution in [2.24, 2.45) is 0 Å². The molecule has 0 saturated carbocycles. The molecule has 0 fully saturated rings. The number of amides is 1. The number of anilines is 1. The van der Waals surface area contributed by atoms with Crippen molar-refractivity contribution in [3.8, 4) is 11.5 Å². The number of methoxy groups -OCH3 is 1. The normalized spacial score (nSPS) is 10.1. The lowest BCUT2D eigenvalue weighted by Crippen LogP contribution is -2.12. The molecule has 1 amide bonds. The number of hydrogen-bond acceptors (Lipinski definition) is 4. The maximum atomic E-state index is 11.9. The highest BCUT2D eigenvalue weighted by Crippen LogP contribution is 2.24. The molecule has 2 aromatic rings. The molecule has 0 saturated heterocycles. The molecular formula is C16H17NO3S. The van der Waals surface area contributed by atoms with Gasteiger partial charge in [0.2, 0.25) is 5.91 Å². The first-order valence-electron chi connectivity index (χ1n) is 6.54. The summed E-state index contributed by atoms with van der Waals surface area (Å²) < 4.78 is 5.19. The van der Waals surface area contributed by atoms with Gasteiger partial charge in [-0.25, -0.2) is 0 Å². The fourth-order valence-corrected chi connectivity index (χ4v) is 2.62. The molecule has 0 heterocycles. The second-order valence-electron chi connectivity index (χ2n) is 4.34. The zero-order valence-electron chi connectivity index (χ0n) is 11.7. The first kappa shape index (κ1) is 15.3. The van der Waals surface area contributed by atoms with Crippen LogP contribution in [-0.2, 0) is 4.79 Å². The number of carbonyl (C=O) groups excluding carboxylic acids is 1. The van der Waals surface area contributed by atoms with Gasteiger partial charge in [0.05, 0.1) is 12.8 Å². The van der Waals surface area contributed by atoms with Crippen LogP contribution in [0.3, 0.4) is 0 Å². The number of carbonyl (C=O) groups is 1. The first-order valence-corrected chi connectivity index (χ1v) is 7.52. The van der Waals surface area contributed by atoms with Crippen LogP contribution in [0.4, 0.5) is 5.69 Å². The van der Waals surface area contributed by atoms with E-state index in [2.05, 4.69) is 5.32 Å². The van der Waals surface area contributed by atoms with Crippen molar-refractivity contribution in [1.82, 2.24) is 0 Å². The SMILES string of the molecule is COc1ccccc1NC(=O)CCSc1ccc(O)cc1. The monoisotopic (exact) mass is 303 g/mol. The Balaban J connectivity index is 1.81. The number of rotatable bonds is 6. The number of aromatic hydroxyl groups is 1. The van der Waals surface area contributed by atoms with Gasteiger partial charge in [0, 0.05) is 17.1 Å². The van der Waals surface area contributed by atoms with E-state index in [9.17, 15) is 9.90 Å². The average molecular weight is 303 g/mol. The molecular weight excluding hydrogens is 286 g/mol. The van der Waals surface area contributed by atoms with Crippen LogP contribution in [0.25, 0.3) is 0 Å². The van der Waals surface area contributed by atoms with E-state index < -0.39 is 0 Å². The third-order valence-corrected chi connectivity index (χ3v) is 3.83. The van der Waals surface area contributed by atoms with Crippen LogP contribution in [0, 0.1) is 0 Å². The Labute approximate surface area is 128 Å². The molecule has 5 heteroatoms. The maximum Gasteiger partial charge on any atom is 0.225 e. The zero-order chi connectivity index (χ0) is 15.1. The molecule has 0 unspecified atom stereocenters. The molecule has 0 atom stereocenters. The third-order valence-electron chi connectivity index (χ3n) is 2.82. The molecule has 2 aromatic carbocycles. The Morgan fingerprint density at radius 1 is 1.19 bits per heavy atom. The van der Waals surface area contributed by atoms with Gasteiger partial charge in [-0.3, -0.25) is 4.79 Å². The van der Waals surface area contributed by atoms with E-state index in [1.165, 1.54) is 0 Å². The predicted octanol–water partition coefficient (Wildman–Crippen LogP) is 3.52. The summed E-state index contributed by atoms with van der Waals surface area (Å²) in [6.45, 7) is 0. The Morgan fingerprint density at radius 2 is 1.90 bits per heavy atom. The molecule has 0 aliphatic rings. The number of thioether (sulfide) groups is 1. The average Bonchev–Trinajstić information content (AvgIpc) is 2.50. The second kappa shape index (κ2) is 7.59. The van der Waals surface area contributed by atoms with Gasteiger partial charge in [-0.1, -0.05) is 12.1 Å². The largest absolute Gasteiger partial charge is 0.508 e. The number of nitrogens with one attached hydrogen (secondary N) is 1. The van der Waals surface area contributed by atoms with Gasteiger partial charge in [0.1, 0.15) is 11.5 Å². The standard InChI is InChI=1S/C16H17NO3S/c1-20-15-5-3-2-4-14(15)17-16(19)10-11-21-13-8-6-12(18)7-9-13/h2-9,18H,10-11H2,1H3,(H,17,19). The molecule has 0 aliphatic heterocycles. The van der Waals surface area contributed by atoms with E-state index >= 15 is 0 Å². The minimum absolute atomic E-state index is 0.0502. The third kappa shape index (κ3) is 4.72. The number of phenols is 1. The summed E-state index contributed by atoms with van der Waals surface area (Å²) in [7, 11) is 1.58. The van der Waals surface area contributed by atoms with Crippen LogP contribution in [0.1, 0.15) is 6.42 Å². The number of phenolic OH excluding ortho intramolecular Hbond substituents is 1. The number of hydrogen-bond donors (Lipinski definition) is 2. The topological polar surface area (TPSA) is 58.6 Å². The summed E-state index contributed by atoms with van der Waals surface area (Å²) in [5.74, 6) is 1.52. The van der Waals surface area contributed by atoms with Crippen molar-refractivity contribution in [2.75, 3.05) is 18.2 Å². The fraction of sp³-hybridized carbons (Fsp3) is 0.188. The lowest BCUT2D eigenvalue weighted by molar-refractivity contribution is -0.115.